The molecule has 0 radical (unpaired) electrons. The first-order valence-corrected chi connectivity index (χ1v) is 4.59. The van der Waals surface area contributed by atoms with Crippen LogP contribution >= 0.6 is 0 Å². The van der Waals surface area contributed by atoms with Gasteiger partial charge in [-0.25, -0.2) is 4.79 Å². The summed E-state index contributed by atoms with van der Waals surface area (Å²) in [4.78, 5) is 13.4. The first kappa shape index (κ1) is 7.86. The zero-order chi connectivity index (χ0) is 8.55. The Kier molecular flexibility index (Phi) is 1.92. The minimum absolute atomic E-state index is 0.103. The summed E-state index contributed by atoms with van der Waals surface area (Å²) < 4.78 is 0. The number of likely N-dealkylation sites (tertiary alicyclic amines) is 1. The van der Waals surface area contributed by atoms with Crippen LogP contribution in [-0.2, 0) is 0 Å². The van der Waals surface area contributed by atoms with Gasteiger partial charge in [0.15, 0.2) is 0 Å². The molecule has 2 amide bonds. The Morgan fingerprint density at radius 1 is 1.75 bits per heavy atom. The molecule has 12 heavy (non-hydrogen) atoms. The van der Waals surface area contributed by atoms with Crippen LogP contribution in [-0.4, -0.2) is 42.6 Å². The Labute approximate surface area is 72.3 Å². The first-order valence-electron chi connectivity index (χ1n) is 4.59. The Bertz CT molecular complexity index is 195. The fourth-order valence-electron chi connectivity index (χ4n) is 2.06. The minimum Gasteiger partial charge on any atom is -0.338 e. The maximum Gasteiger partial charge on any atom is 0.317 e. The molecule has 2 aliphatic rings. The highest BCUT2D eigenvalue weighted by Gasteiger charge is 2.39. The number of amides is 2. The van der Waals surface area contributed by atoms with Gasteiger partial charge in [0.25, 0.3) is 0 Å². The van der Waals surface area contributed by atoms with E-state index in [-0.39, 0.29) is 6.03 Å². The van der Waals surface area contributed by atoms with Crippen molar-refractivity contribution in [3.05, 3.63) is 0 Å². The molecule has 0 aromatic heterocycles. The molecule has 2 bridgehead atoms. The molecule has 2 fully saturated rings. The van der Waals surface area contributed by atoms with Crippen LogP contribution in [0.2, 0.25) is 0 Å². The molecule has 2 N–H and O–H groups in total. The van der Waals surface area contributed by atoms with Gasteiger partial charge in [0, 0.05) is 31.7 Å². The van der Waals surface area contributed by atoms with Crippen LogP contribution in [0, 0.1) is 0 Å². The summed E-state index contributed by atoms with van der Waals surface area (Å²) in [6.07, 6.45) is 1.14. The number of piperazine rings is 1. The Morgan fingerprint density at radius 2 is 2.58 bits per heavy atom. The molecule has 68 valence electrons. The van der Waals surface area contributed by atoms with Crippen LogP contribution in [0.15, 0.2) is 0 Å². The minimum atomic E-state index is 0.103. The monoisotopic (exact) mass is 169 g/mol. The van der Waals surface area contributed by atoms with Crippen molar-refractivity contribution in [1.29, 1.82) is 0 Å². The van der Waals surface area contributed by atoms with Gasteiger partial charge in [-0.15, -0.1) is 0 Å². The lowest BCUT2D eigenvalue weighted by molar-refractivity contribution is 0.185. The first-order chi connectivity index (χ1) is 5.81. The van der Waals surface area contributed by atoms with Crippen LogP contribution in [0.1, 0.15) is 13.3 Å². The van der Waals surface area contributed by atoms with E-state index < -0.39 is 0 Å². The molecule has 2 rings (SSSR count). The quantitative estimate of drug-likeness (QED) is 0.569. The number of hydrogen-bond acceptors (Lipinski definition) is 2. The molecule has 2 aliphatic heterocycles. The topological polar surface area (TPSA) is 44.4 Å². The van der Waals surface area contributed by atoms with E-state index in [9.17, 15) is 4.79 Å². The lowest BCUT2D eigenvalue weighted by Gasteiger charge is -2.27. The molecule has 0 aromatic carbocycles. The van der Waals surface area contributed by atoms with Crippen molar-refractivity contribution in [3.63, 3.8) is 0 Å². The number of fused-ring (bicyclic) bond motifs is 2. The SMILES string of the molecule is CCNC(=O)N1C[C@@H]2C[C@H]1CN2. The predicted molar refractivity (Wildman–Crippen MR) is 46.0 cm³/mol. The Morgan fingerprint density at radius 3 is 3.08 bits per heavy atom. The number of rotatable bonds is 1. The molecule has 4 heteroatoms. The van der Waals surface area contributed by atoms with Crippen molar-refractivity contribution in [2.24, 2.45) is 0 Å². The van der Waals surface area contributed by atoms with Crippen molar-refractivity contribution in [3.8, 4) is 0 Å². The van der Waals surface area contributed by atoms with Gasteiger partial charge in [0.1, 0.15) is 0 Å². The normalized spacial score (nSPS) is 32.6. The second-order valence-corrected chi connectivity index (χ2v) is 3.48. The molecular formula is C8H15N3O. The van der Waals surface area contributed by atoms with Gasteiger partial charge in [-0.2, -0.15) is 0 Å². The standard InChI is InChI=1S/C8H15N3O/c1-2-9-8(12)11-5-6-3-7(11)4-10-6/h6-7,10H,2-5H2,1H3,(H,9,12)/t6-,7-/m0/s1. The summed E-state index contributed by atoms with van der Waals surface area (Å²) in [5.74, 6) is 0. The van der Waals surface area contributed by atoms with Crippen LogP contribution in [0.3, 0.4) is 0 Å². The summed E-state index contributed by atoms with van der Waals surface area (Å²) in [5, 5.41) is 6.19. The van der Waals surface area contributed by atoms with Gasteiger partial charge in [-0.05, 0) is 13.3 Å². The van der Waals surface area contributed by atoms with E-state index in [1.165, 1.54) is 0 Å². The smallest absolute Gasteiger partial charge is 0.317 e. The summed E-state index contributed by atoms with van der Waals surface area (Å²) in [7, 11) is 0. The van der Waals surface area contributed by atoms with Gasteiger partial charge in [0.2, 0.25) is 0 Å². The molecule has 2 saturated heterocycles. The van der Waals surface area contributed by atoms with Crippen molar-refractivity contribution in [1.82, 2.24) is 15.5 Å². The number of nitrogens with zero attached hydrogens (tertiary/aromatic N) is 1. The van der Waals surface area contributed by atoms with E-state index in [0.29, 0.717) is 12.1 Å². The summed E-state index contributed by atoms with van der Waals surface area (Å²) in [6, 6.07) is 1.10. The van der Waals surface area contributed by atoms with E-state index in [4.69, 9.17) is 0 Å². The molecule has 0 aromatic rings. The number of urea groups is 1. The molecule has 0 saturated carbocycles. The lowest BCUT2D eigenvalue weighted by atomic mass is 10.2. The summed E-state index contributed by atoms with van der Waals surface area (Å²) in [5.41, 5.74) is 0. The van der Waals surface area contributed by atoms with E-state index in [2.05, 4.69) is 10.6 Å². The van der Waals surface area contributed by atoms with Gasteiger partial charge >= 0.3 is 6.03 Å². The average Bonchev–Trinajstić information content (AvgIpc) is 2.64. The van der Waals surface area contributed by atoms with E-state index >= 15 is 0 Å². The van der Waals surface area contributed by atoms with Crippen LogP contribution < -0.4 is 10.6 Å². The van der Waals surface area contributed by atoms with Crippen LogP contribution in [0.4, 0.5) is 4.79 Å². The van der Waals surface area contributed by atoms with Crippen LogP contribution in [0.25, 0.3) is 0 Å². The molecule has 2 heterocycles. The average molecular weight is 169 g/mol. The van der Waals surface area contributed by atoms with Gasteiger partial charge in [-0.3, -0.25) is 0 Å². The fraction of sp³-hybridized carbons (Fsp3) is 0.875. The number of hydrogen-bond donors (Lipinski definition) is 2. The summed E-state index contributed by atoms with van der Waals surface area (Å²) in [6.45, 7) is 4.53. The second-order valence-electron chi connectivity index (χ2n) is 3.48. The third kappa shape index (κ3) is 1.16. The number of carbonyl (C=O) groups is 1. The molecule has 0 aliphatic carbocycles. The van der Waals surface area contributed by atoms with E-state index in [0.717, 1.165) is 26.1 Å². The van der Waals surface area contributed by atoms with E-state index in [1.54, 1.807) is 0 Å². The van der Waals surface area contributed by atoms with Gasteiger partial charge in [0.05, 0.1) is 0 Å². The number of nitrogens with one attached hydrogen (secondary N) is 2. The predicted octanol–water partition coefficient (Wildman–Crippen LogP) is -0.238. The molecule has 4 nitrogen and oxygen atoms in total. The summed E-state index contributed by atoms with van der Waals surface area (Å²) >= 11 is 0. The number of carbonyl (C=O) groups excluding carboxylic acids is 1. The van der Waals surface area contributed by atoms with Crippen molar-refractivity contribution in [2.45, 2.75) is 25.4 Å². The fourth-order valence-corrected chi connectivity index (χ4v) is 2.06. The van der Waals surface area contributed by atoms with Crippen molar-refractivity contribution in [2.75, 3.05) is 19.6 Å². The lowest BCUT2D eigenvalue weighted by Crippen LogP contribution is -2.50. The largest absolute Gasteiger partial charge is 0.338 e. The third-order valence-corrected chi connectivity index (χ3v) is 2.65. The van der Waals surface area contributed by atoms with Crippen molar-refractivity contribution >= 4 is 6.03 Å². The maximum absolute atomic E-state index is 11.4. The molecule has 0 unspecified atom stereocenters. The Hall–Kier alpha value is -0.770. The zero-order valence-electron chi connectivity index (χ0n) is 7.34. The van der Waals surface area contributed by atoms with E-state index in [1.807, 2.05) is 11.8 Å². The highest BCUT2D eigenvalue weighted by atomic mass is 16.2. The highest BCUT2D eigenvalue weighted by molar-refractivity contribution is 5.75. The molecule has 2 atom stereocenters. The molecular weight excluding hydrogens is 154 g/mol. The molecule has 0 spiro atoms. The van der Waals surface area contributed by atoms with Gasteiger partial charge < -0.3 is 15.5 Å². The maximum atomic E-state index is 11.4. The van der Waals surface area contributed by atoms with Crippen LogP contribution in [0.5, 0.6) is 0 Å². The Balaban J connectivity index is 1.93. The second kappa shape index (κ2) is 2.94. The van der Waals surface area contributed by atoms with Crippen molar-refractivity contribution < 1.29 is 4.79 Å². The zero-order valence-corrected chi connectivity index (χ0v) is 7.34. The highest BCUT2D eigenvalue weighted by Crippen LogP contribution is 2.22. The van der Waals surface area contributed by atoms with Gasteiger partial charge in [-0.1, -0.05) is 0 Å². The third-order valence-electron chi connectivity index (χ3n) is 2.65.